The minimum atomic E-state index is -1.58. The number of esters is 1. The third kappa shape index (κ3) is 3.23. The third-order valence-electron chi connectivity index (χ3n) is 10.4. The van der Waals surface area contributed by atoms with Crippen LogP contribution in [0.2, 0.25) is 0 Å². The molecule has 1 aliphatic heterocycles. The second kappa shape index (κ2) is 8.42. The molecular formula is C32H38N2O5. The molecule has 0 radical (unpaired) electrons. The molecule has 2 aromatic rings. The second-order valence-electron chi connectivity index (χ2n) is 12.7. The molecule has 2 amide bonds. The molecule has 4 aliphatic rings. The Hall–Kier alpha value is -3.16. The number of hydrogen-bond acceptors (Lipinski definition) is 5. The van der Waals surface area contributed by atoms with Crippen LogP contribution in [0.1, 0.15) is 70.2 Å². The second-order valence-corrected chi connectivity index (χ2v) is 12.7. The van der Waals surface area contributed by atoms with E-state index in [-0.39, 0.29) is 17.4 Å². The molecule has 206 valence electrons. The molecule has 3 fully saturated rings. The molecule has 7 heteroatoms. The maximum atomic E-state index is 13.6. The highest BCUT2D eigenvalue weighted by Gasteiger charge is 2.95. The van der Waals surface area contributed by atoms with E-state index in [4.69, 9.17) is 9.47 Å². The Labute approximate surface area is 230 Å². The summed E-state index contributed by atoms with van der Waals surface area (Å²) in [5.74, 6) is -0.611. The van der Waals surface area contributed by atoms with Crippen molar-refractivity contribution in [2.75, 3.05) is 0 Å². The Morgan fingerprint density at radius 3 is 2.41 bits per heavy atom. The third-order valence-corrected chi connectivity index (χ3v) is 10.4. The highest BCUT2D eigenvalue weighted by Crippen LogP contribution is 2.89. The first-order valence-electron chi connectivity index (χ1n) is 13.9. The normalized spacial score (nSPS) is 34.4. The number of amides is 2. The van der Waals surface area contributed by atoms with Gasteiger partial charge in [0.25, 0.3) is 0 Å². The molecule has 2 bridgehead atoms. The number of aliphatic hydroxyl groups is 1. The molecule has 3 aliphatic carbocycles. The van der Waals surface area contributed by atoms with Crippen LogP contribution in [0.5, 0.6) is 0 Å². The summed E-state index contributed by atoms with van der Waals surface area (Å²) >= 11 is 0. The van der Waals surface area contributed by atoms with Gasteiger partial charge in [0.2, 0.25) is 0 Å². The van der Waals surface area contributed by atoms with Crippen LogP contribution >= 0.6 is 0 Å². The average Bonchev–Trinajstić information content (AvgIpc) is 3.52. The number of nitrogens with one attached hydrogen (secondary N) is 2. The van der Waals surface area contributed by atoms with Crippen molar-refractivity contribution in [1.29, 1.82) is 0 Å². The van der Waals surface area contributed by atoms with Crippen LogP contribution in [0.4, 0.5) is 4.79 Å². The number of carbonyl (C=O) groups is 2. The number of aliphatic hydroxyl groups excluding tert-OH is 1. The Morgan fingerprint density at radius 2 is 1.72 bits per heavy atom. The first kappa shape index (κ1) is 26.1. The van der Waals surface area contributed by atoms with E-state index in [1.807, 2.05) is 26.0 Å². The first-order valence-corrected chi connectivity index (χ1v) is 13.9. The zero-order valence-electron chi connectivity index (χ0n) is 23.3. The summed E-state index contributed by atoms with van der Waals surface area (Å²) in [6.45, 7) is 14.8. The van der Waals surface area contributed by atoms with Gasteiger partial charge < -0.3 is 25.2 Å². The van der Waals surface area contributed by atoms with Gasteiger partial charge in [-0.1, -0.05) is 81.9 Å². The van der Waals surface area contributed by atoms with Crippen molar-refractivity contribution in [3.8, 4) is 0 Å². The number of fused-ring (bicyclic) bond motifs is 3. The van der Waals surface area contributed by atoms with Crippen molar-refractivity contribution in [2.45, 2.75) is 83.0 Å². The predicted octanol–water partition coefficient (Wildman–Crippen LogP) is 4.86. The van der Waals surface area contributed by atoms with E-state index in [1.165, 1.54) is 5.56 Å². The van der Waals surface area contributed by atoms with Crippen LogP contribution in [0.15, 0.2) is 61.2 Å². The van der Waals surface area contributed by atoms with Crippen molar-refractivity contribution < 1.29 is 24.2 Å². The van der Waals surface area contributed by atoms with Crippen LogP contribution in [-0.2, 0) is 19.9 Å². The van der Waals surface area contributed by atoms with Gasteiger partial charge in [-0.05, 0) is 47.9 Å². The molecule has 3 N–H and O–H groups in total. The van der Waals surface area contributed by atoms with Crippen molar-refractivity contribution in [2.24, 2.45) is 16.7 Å². The lowest BCUT2D eigenvalue weighted by atomic mass is 9.59. The van der Waals surface area contributed by atoms with Crippen molar-refractivity contribution in [3.05, 3.63) is 77.9 Å². The van der Waals surface area contributed by atoms with Crippen LogP contribution in [0.25, 0.3) is 5.57 Å². The highest BCUT2D eigenvalue weighted by atomic mass is 16.6. The lowest BCUT2D eigenvalue weighted by molar-refractivity contribution is -0.172. The summed E-state index contributed by atoms with van der Waals surface area (Å²) in [4.78, 5) is 26.2. The van der Waals surface area contributed by atoms with E-state index in [0.29, 0.717) is 18.4 Å². The van der Waals surface area contributed by atoms with Crippen LogP contribution in [0, 0.1) is 16.7 Å². The maximum Gasteiger partial charge on any atom is 0.337 e. The molecule has 3 unspecified atom stereocenters. The standard InChI is InChI=1S/C32H38N2O5/c1-18(2)33-28(37)34-25(20-12-8-7-9-13-20)26(35)27(36)38-24-16-23-29(4,5)30(24,6)31-17-19(3)21-14-10-11-15-22(21)32(23,31)39-31/h7-15,18,23-26,35H,3,16-17H2,1-2,4-6H3,(H2,33,34,37)/t23?,24?,25-,26+,30?,31-,32+/m0/s1. The summed E-state index contributed by atoms with van der Waals surface area (Å²) < 4.78 is 13.0. The molecular weight excluding hydrogens is 492 g/mol. The van der Waals surface area contributed by atoms with E-state index < -0.39 is 46.9 Å². The fourth-order valence-electron chi connectivity index (χ4n) is 8.35. The molecule has 2 saturated carbocycles. The van der Waals surface area contributed by atoms with Crippen LogP contribution in [0.3, 0.4) is 0 Å². The maximum absolute atomic E-state index is 13.6. The van der Waals surface area contributed by atoms with Gasteiger partial charge in [-0.2, -0.15) is 0 Å². The van der Waals surface area contributed by atoms with Crippen molar-refractivity contribution in [3.63, 3.8) is 0 Å². The summed E-state index contributed by atoms with van der Waals surface area (Å²) in [6, 6.07) is 15.8. The highest BCUT2D eigenvalue weighted by molar-refractivity contribution is 5.80. The Bertz CT molecular complexity index is 1360. The summed E-state index contributed by atoms with van der Waals surface area (Å²) in [5, 5.41) is 16.8. The molecule has 0 aromatic heterocycles. The minimum absolute atomic E-state index is 0.102. The van der Waals surface area contributed by atoms with Gasteiger partial charge in [0, 0.05) is 23.8 Å². The quantitative estimate of drug-likeness (QED) is 0.366. The first-order chi connectivity index (χ1) is 18.4. The van der Waals surface area contributed by atoms with E-state index in [1.54, 1.807) is 24.3 Å². The topological polar surface area (TPSA) is 100 Å². The zero-order valence-corrected chi connectivity index (χ0v) is 23.3. The lowest BCUT2D eigenvalue weighted by Crippen LogP contribution is -2.53. The number of carbonyl (C=O) groups excluding carboxylic acids is 2. The summed E-state index contributed by atoms with van der Waals surface area (Å²) in [6.07, 6.45) is -0.711. The van der Waals surface area contributed by atoms with E-state index >= 15 is 0 Å². The van der Waals surface area contributed by atoms with Gasteiger partial charge in [0.1, 0.15) is 17.3 Å². The minimum Gasteiger partial charge on any atom is -0.460 e. The molecule has 7 nitrogen and oxygen atoms in total. The predicted molar refractivity (Wildman–Crippen MR) is 147 cm³/mol. The van der Waals surface area contributed by atoms with Crippen LogP contribution < -0.4 is 10.6 Å². The molecule has 0 spiro atoms. The molecule has 2 aromatic carbocycles. The fourth-order valence-corrected chi connectivity index (χ4v) is 8.35. The molecule has 1 heterocycles. The smallest absolute Gasteiger partial charge is 0.337 e. The van der Waals surface area contributed by atoms with E-state index in [0.717, 1.165) is 11.1 Å². The average molecular weight is 531 g/mol. The van der Waals surface area contributed by atoms with Gasteiger partial charge in [-0.3, -0.25) is 0 Å². The van der Waals surface area contributed by atoms with Gasteiger partial charge in [0.15, 0.2) is 6.10 Å². The largest absolute Gasteiger partial charge is 0.460 e. The van der Waals surface area contributed by atoms with Gasteiger partial charge in [0.05, 0.1) is 6.04 Å². The van der Waals surface area contributed by atoms with E-state index in [2.05, 4.69) is 56.2 Å². The molecule has 1 saturated heterocycles. The van der Waals surface area contributed by atoms with Gasteiger partial charge >= 0.3 is 12.0 Å². The number of ether oxygens (including phenoxy) is 2. The Balaban J connectivity index is 1.29. The number of hydrogen-bond donors (Lipinski definition) is 3. The number of benzene rings is 2. The summed E-state index contributed by atoms with van der Waals surface area (Å²) in [7, 11) is 0. The molecule has 6 rings (SSSR count). The number of rotatable bonds is 6. The number of epoxide rings is 1. The van der Waals surface area contributed by atoms with Crippen LogP contribution in [-0.4, -0.2) is 41.0 Å². The van der Waals surface area contributed by atoms with E-state index in [9.17, 15) is 14.7 Å². The van der Waals surface area contributed by atoms with Gasteiger partial charge in [-0.25, -0.2) is 9.59 Å². The number of urea groups is 1. The Morgan fingerprint density at radius 1 is 1.05 bits per heavy atom. The molecule has 7 atom stereocenters. The van der Waals surface area contributed by atoms with Crippen molar-refractivity contribution in [1.82, 2.24) is 10.6 Å². The SMILES string of the molecule is C=C1C[C@@]23O[C@]2(c2ccccc21)C1CC(OC(=O)[C@H](O)[C@@H](NC(=O)NC(C)C)c2ccccc2)C3(C)C1(C)C. The van der Waals surface area contributed by atoms with Crippen molar-refractivity contribution >= 4 is 17.6 Å². The fraction of sp³-hybridized carbons (Fsp3) is 0.500. The zero-order chi connectivity index (χ0) is 28.0. The monoisotopic (exact) mass is 530 g/mol. The summed E-state index contributed by atoms with van der Waals surface area (Å²) in [5.41, 5.74) is 2.40. The Kier molecular flexibility index (Phi) is 5.63. The lowest BCUT2D eigenvalue weighted by Gasteiger charge is -2.45. The molecule has 39 heavy (non-hydrogen) atoms. The van der Waals surface area contributed by atoms with Gasteiger partial charge in [-0.15, -0.1) is 0 Å².